The van der Waals surface area contributed by atoms with Gasteiger partial charge in [-0.2, -0.15) is 5.10 Å². The van der Waals surface area contributed by atoms with Crippen LogP contribution in [0.3, 0.4) is 0 Å². The Kier molecular flexibility index (Phi) is 4.66. The molecule has 2 atom stereocenters. The largest absolute Gasteiger partial charge is 0.481 e. The Hall–Kier alpha value is -2.74. The van der Waals surface area contributed by atoms with Crippen molar-refractivity contribution >= 4 is 17.7 Å². The van der Waals surface area contributed by atoms with Crippen LogP contribution in [0.4, 0.5) is 10.2 Å². The van der Waals surface area contributed by atoms with Gasteiger partial charge >= 0.3 is 5.97 Å². The van der Waals surface area contributed by atoms with E-state index in [1.165, 1.54) is 10.7 Å². The second-order valence-electron chi connectivity index (χ2n) is 7.80. The first kappa shape index (κ1) is 18.6. The number of carboxylic acids is 1. The lowest BCUT2D eigenvalue weighted by molar-refractivity contribution is -0.149. The first-order valence-corrected chi connectivity index (χ1v) is 9.46. The summed E-state index contributed by atoms with van der Waals surface area (Å²) in [5, 5.41) is 16.8. The van der Waals surface area contributed by atoms with Crippen LogP contribution in [0.2, 0.25) is 0 Å². The van der Waals surface area contributed by atoms with Crippen LogP contribution in [0.25, 0.3) is 5.69 Å². The van der Waals surface area contributed by atoms with E-state index in [2.05, 4.69) is 10.4 Å². The third kappa shape index (κ3) is 3.17. The van der Waals surface area contributed by atoms with Crippen molar-refractivity contribution in [2.45, 2.75) is 26.2 Å². The number of hydrogen-bond donors (Lipinski definition) is 2. The molecule has 1 saturated heterocycles. The maximum absolute atomic E-state index is 14.1. The van der Waals surface area contributed by atoms with Crippen LogP contribution in [0, 0.1) is 24.1 Å². The highest BCUT2D eigenvalue weighted by Gasteiger charge is 2.54. The summed E-state index contributed by atoms with van der Waals surface area (Å²) in [6.45, 7) is 2.88. The van der Waals surface area contributed by atoms with Gasteiger partial charge in [-0.1, -0.05) is 18.6 Å². The van der Waals surface area contributed by atoms with Gasteiger partial charge in [-0.3, -0.25) is 14.5 Å². The van der Waals surface area contributed by atoms with Gasteiger partial charge in [0.15, 0.2) is 0 Å². The second-order valence-corrected chi connectivity index (χ2v) is 7.80. The van der Waals surface area contributed by atoms with Crippen LogP contribution in [0.15, 0.2) is 30.3 Å². The highest BCUT2D eigenvalue weighted by molar-refractivity contribution is 5.92. The number of aryl methyl sites for hydroxylation is 1. The molecule has 2 heterocycles. The van der Waals surface area contributed by atoms with Crippen molar-refractivity contribution in [1.29, 1.82) is 0 Å². The minimum absolute atomic E-state index is 0.101. The first-order chi connectivity index (χ1) is 13.4. The lowest BCUT2D eigenvalue weighted by atomic mass is 9.81. The number of aliphatic carboxylic acids is 1. The van der Waals surface area contributed by atoms with E-state index >= 15 is 0 Å². The highest BCUT2D eigenvalue weighted by atomic mass is 19.1. The van der Waals surface area contributed by atoms with Gasteiger partial charge in [0, 0.05) is 19.2 Å². The van der Waals surface area contributed by atoms with Crippen molar-refractivity contribution in [1.82, 2.24) is 14.7 Å². The fourth-order valence-electron chi connectivity index (χ4n) is 4.64. The van der Waals surface area contributed by atoms with E-state index < -0.39 is 17.2 Å². The molecule has 0 spiro atoms. The molecule has 0 bridgehead atoms. The second kappa shape index (κ2) is 7.01. The minimum atomic E-state index is -0.758. The van der Waals surface area contributed by atoms with Crippen LogP contribution in [-0.4, -0.2) is 51.3 Å². The molecular weight excluding hydrogens is 363 g/mol. The van der Waals surface area contributed by atoms with Gasteiger partial charge in [-0.15, -0.1) is 0 Å². The number of carbonyl (C=O) groups excluding carboxylic acids is 1. The lowest BCUT2D eigenvalue weighted by Crippen LogP contribution is -2.37. The number of aromatic nitrogens is 2. The molecule has 0 radical (unpaired) electrons. The topological polar surface area (TPSA) is 87.5 Å². The van der Waals surface area contributed by atoms with Gasteiger partial charge in [0.1, 0.15) is 17.3 Å². The summed E-state index contributed by atoms with van der Waals surface area (Å²) >= 11 is 0. The molecule has 1 aliphatic carbocycles. The average Bonchev–Trinajstić information content (AvgIpc) is 3.28. The molecule has 2 N–H and O–H groups in total. The third-order valence-corrected chi connectivity index (χ3v) is 5.91. The Balaban J connectivity index is 1.47. The molecular formula is C20H23FN4O3. The quantitative estimate of drug-likeness (QED) is 0.824. The molecule has 7 nitrogen and oxygen atoms in total. The fraction of sp³-hybridized carbons (Fsp3) is 0.450. The van der Waals surface area contributed by atoms with Crippen LogP contribution < -0.4 is 5.32 Å². The maximum Gasteiger partial charge on any atom is 0.311 e. The van der Waals surface area contributed by atoms with Gasteiger partial charge in [-0.05, 0) is 37.8 Å². The molecule has 1 aliphatic heterocycles. The Morgan fingerprint density at radius 1 is 1.39 bits per heavy atom. The summed E-state index contributed by atoms with van der Waals surface area (Å²) in [6.07, 6.45) is 2.49. The zero-order valence-corrected chi connectivity index (χ0v) is 15.7. The Labute approximate surface area is 162 Å². The number of anilines is 1. The third-order valence-electron chi connectivity index (χ3n) is 5.91. The Bertz CT molecular complexity index is 928. The average molecular weight is 386 g/mol. The van der Waals surface area contributed by atoms with E-state index in [1.807, 2.05) is 4.90 Å². The molecule has 2 aliphatic rings. The molecule has 148 valence electrons. The number of amides is 1. The number of carboxylic acid groups (broad SMARTS) is 1. The summed E-state index contributed by atoms with van der Waals surface area (Å²) in [5.74, 6) is -0.968. The van der Waals surface area contributed by atoms with Gasteiger partial charge in [0.05, 0.1) is 17.7 Å². The van der Waals surface area contributed by atoms with Gasteiger partial charge < -0.3 is 10.4 Å². The molecule has 28 heavy (non-hydrogen) atoms. The number of likely N-dealkylation sites (tertiary alicyclic amines) is 1. The number of fused-ring (bicyclic) bond motifs is 1. The maximum atomic E-state index is 14.1. The number of carbonyl (C=O) groups is 2. The molecule has 1 aromatic heterocycles. The standard InChI is InChI=1S/C20H23FN4O3/c1-13-9-17(25(23-13)16-7-3-2-6-15(16)21)22-18(26)11-24-10-14-5-4-8-20(14,12-24)19(27)28/h2-3,6-7,9,14H,4-5,8,10-12H2,1H3,(H,22,26)(H,27,28)/t14-,20+/m0/s1. The minimum Gasteiger partial charge on any atom is -0.481 e. The number of hydrogen-bond acceptors (Lipinski definition) is 4. The molecule has 0 unspecified atom stereocenters. The molecule has 1 aromatic carbocycles. The van der Waals surface area contributed by atoms with E-state index in [1.54, 1.807) is 31.2 Å². The molecule has 1 saturated carbocycles. The lowest BCUT2D eigenvalue weighted by Gasteiger charge is -2.23. The van der Waals surface area contributed by atoms with E-state index in [9.17, 15) is 19.1 Å². The zero-order valence-electron chi connectivity index (χ0n) is 15.7. The monoisotopic (exact) mass is 386 g/mol. The Morgan fingerprint density at radius 2 is 2.18 bits per heavy atom. The van der Waals surface area contributed by atoms with E-state index in [0.29, 0.717) is 31.0 Å². The fourth-order valence-corrected chi connectivity index (χ4v) is 4.64. The number of nitrogens with one attached hydrogen (secondary N) is 1. The highest BCUT2D eigenvalue weighted by Crippen LogP contribution is 2.48. The van der Waals surface area contributed by atoms with Crippen molar-refractivity contribution in [3.8, 4) is 5.69 Å². The van der Waals surface area contributed by atoms with Crippen LogP contribution in [0.1, 0.15) is 25.0 Å². The number of benzene rings is 1. The smallest absolute Gasteiger partial charge is 0.311 e. The number of para-hydroxylation sites is 1. The van der Waals surface area contributed by atoms with Gasteiger partial charge in [-0.25, -0.2) is 9.07 Å². The van der Waals surface area contributed by atoms with Gasteiger partial charge in [0.2, 0.25) is 5.91 Å². The molecule has 2 aromatic rings. The normalized spacial score (nSPS) is 24.3. The molecule has 2 fully saturated rings. The van der Waals surface area contributed by atoms with E-state index in [4.69, 9.17) is 0 Å². The van der Waals surface area contributed by atoms with E-state index in [0.717, 1.165) is 12.8 Å². The number of halogens is 1. The van der Waals surface area contributed by atoms with Crippen LogP contribution >= 0.6 is 0 Å². The zero-order chi connectivity index (χ0) is 19.9. The van der Waals surface area contributed by atoms with Crippen molar-refractivity contribution < 1.29 is 19.1 Å². The summed E-state index contributed by atoms with van der Waals surface area (Å²) in [7, 11) is 0. The van der Waals surface area contributed by atoms with Crippen molar-refractivity contribution in [3.05, 3.63) is 41.8 Å². The first-order valence-electron chi connectivity index (χ1n) is 9.46. The summed E-state index contributed by atoms with van der Waals surface area (Å²) in [5.41, 5.74) is 0.191. The van der Waals surface area contributed by atoms with Gasteiger partial charge in [0.25, 0.3) is 0 Å². The van der Waals surface area contributed by atoms with E-state index in [-0.39, 0.29) is 24.1 Å². The van der Waals surface area contributed by atoms with Crippen molar-refractivity contribution in [2.75, 3.05) is 25.0 Å². The Morgan fingerprint density at radius 3 is 2.89 bits per heavy atom. The van der Waals surface area contributed by atoms with Crippen LogP contribution in [-0.2, 0) is 9.59 Å². The predicted octanol–water partition coefficient (Wildman–Crippen LogP) is 2.45. The van der Waals surface area contributed by atoms with Crippen molar-refractivity contribution in [2.24, 2.45) is 11.3 Å². The summed E-state index contributed by atoms with van der Waals surface area (Å²) in [6, 6.07) is 7.91. The summed E-state index contributed by atoms with van der Waals surface area (Å²) in [4.78, 5) is 26.3. The van der Waals surface area contributed by atoms with Crippen LogP contribution in [0.5, 0.6) is 0 Å². The number of nitrogens with zero attached hydrogens (tertiary/aromatic N) is 3. The number of rotatable bonds is 5. The molecule has 8 heteroatoms. The summed E-state index contributed by atoms with van der Waals surface area (Å²) < 4.78 is 15.5. The van der Waals surface area contributed by atoms with Crippen molar-refractivity contribution in [3.63, 3.8) is 0 Å². The molecule has 1 amide bonds. The predicted molar refractivity (Wildman–Crippen MR) is 101 cm³/mol. The molecule has 4 rings (SSSR count). The SMILES string of the molecule is Cc1cc(NC(=O)CN2C[C@@H]3CCC[C@@]3(C(=O)O)C2)n(-c2ccccc2F)n1.